The van der Waals surface area contributed by atoms with Gasteiger partial charge in [-0.1, -0.05) is 0 Å². The van der Waals surface area contributed by atoms with E-state index in [9.17, 15) is 0 Å². The quantitative estimate of drug-likeness (QED) is 0.357. The van der Waals surface area contributed by atoms with E-state index in [1.54, 1.807) is 0 Å². The second kappa shape index (κ2) is 3.83. The highest BCUT2D eigenvalue weighted by Crippen LogP contribution is 2.20. The lowest BCUT2D eigenvalue weighted by Gasteiger charge is -2.05. The van der Waals surface area contributed by atoms with Crippen molar-refractivity contribution < 1.29 is 0 Å². The Labute approximate surface area is 50.7 Å². The summed E-state index contributed by atoms with van der Waals surface area (Å²) < 4.78 is 0.743. The molecule has 4 heteroatoms. The van der Waals surface area contributed by atoms with Crippen LogP contribution in [0.25, 0.3) is 0 Å². The molecule has 0 radical (unpaired) electrons. The van der Waals surface area contributed by atoms with Crippen molar-refractivity contribution in [1.29, 1.82) is 0 Å². The van der Waals surface area contributed by atoms with Gasteiger partial charge in [0, 0.05) is 0 Å². The molecule has 0 heterocycles. The first-order valence-electron chi connectivity index (χ1n) is 1.26. The summed E-state index contributed by atoms with van der Waals surface area (Å²) >= 11 is 2.36. The minimum atomic E-state index is 0.743. The van der Waals surface area contributed by atoms with Crippen LogP contribution in [-0.4, -0.2) is 10.7 Å². The van der Waals surface area contributed by atoms with Gasteiger partial charge >= 0.3 is 0 Å². The van der Waals surface area contributed by atoms with Crippen molar-refractivity contribution in [3.8, 4) is 0 Å². The SMILES string of the molecule is C[P-]B(P)I. The summed E-state index contributed by atoms with van der Waals surface area (Å²) in [7, 11) is 4.15. The topological polar surface area (TPSA) is 0 Å². The van der Waals surface area contributed by atoms with Crippen molar-refractivity contribution in [3.63, 3.8) is 0 Å². The van der Waals surface area contributed by atoms with E-state index in [1.807, 2.05) is 0 Å². The Bertz CT molecular complexity index is 23.6. The fourth-order valence-electron chi connectivity index (χ4n) is 0. The Kier molecular flexibility index (Phi) is 5.10. The number of halogens is 1. The Hall–Kier alpha value is 1.65. The number of rotatable bonds is 1. The highest BCUT2D eigenvalue weighted by Gasteiger charge is 1.71. The summed E-state index contributed by atoms with van der Waals surface area (Å²) in [4.78, 5) is 0. The van der Waals surface area contributed by atoms with Crippen molar-refractivity contribution in [2.75, 3.05) is 6.66 Å². The molecule has 0 amide bonds. The molecule has 0 aliphatic heterocycles. The third-order valence-electron chi connectivity index (χ3n) is 0.247. The molecule has 5 heavy (non-hydrogen) atoms. The first kappa shape index (κ1) is 6.65. The molecule has 0 aromatic carbocycles. The lowest BCUT2D eigenvalue weighted by atomic mass is 10.7. The zero-order valence-electron chi connectivity index (χ0n) is 2.98. The fraction of sp³-hybridized carbons (Fsp3) is 1.00. The molecule has 0 aliphatic carbocycles. The van der Waals surface area contributed by atoms with E-state index < -0.39 is 0 Å². The Balaban J connectivity index is 2.54. The average molecular weight is 217 g/mol. The van der Waals surface area contributed by atoms with E-state index in [0.29, 0.717) is 0 Å². The molecule has 0 aliphatic rings. The van der Waals surface area contributed by atoms with Gasteiger partial charge in [0.1, 0.15) is 0 Å². The molecule has 1 atom stereocenters. The third kappa shape index (κ3) is 5.65. The summed E-state index contributed by atoms with van der Waals surface area (Å²) in [5.41, 5.74) is 0. The zero-order valence-corrected chi connectivity index (χ0v) is 7.19. The van der Waals surface area contributed by atoms with Crippen molar-refractivity contribution in [2.24, 2.45) is 0 Å². The first-order chi connectivity index (χ1) is 2.27. The highest BCUT2D eigenvalue weighted by molar-refractivity contribution is 14.1. The third-order valence-corrected chi connectivity index (χ3v) is 3.31. The normalized spacial score (nSPS) is 10.2. The molecular formula is CH5BIP2-. The maximum Gasteiger partial charge on any atom is 0.0741 e. The Morgan fingerprint density at radius 2 is 2.20 bits per heavy atom. The van der Waals surface area contributed by atoms with Crippen LogP contribution in [0.5, 0.6) is 0 Å². The zero-order chi connectivity index (χ0) is 4.28. The van der Waals surface area contributed by atoms with E-state index in [4.69, 9.17) is 0 Å². The second-order valence-electron chi connectivity index (χ2n) is 0.631. The highest BCUT2D eigenvalue weighted by atomic mass is 127. The van der Waals surface area contributed by atoms with Crippen LogP contribution in [0, 0.1) is 0 Å². The van der Waals surface area contributed by atoms with Gasteiger partial charge < -0.3 is 8.46 Å². The lowest BCUT2D eigenvalue weighted by Crippen LogP contribution is -1.69. The van der Waals surface area contributed by atoms with E-state index in [-0.39, 0.29) is 0 Å². The van der Waals surface area contributed by atoms with E-state index in [1.165, 1.54) is 8.46 Å². The van der Waals surface area contributed by atoms with Gasteiger partial charge in [-0.2, -0.15) is 38.2 Å². The Morgan fingerprint density at radius 1 is 2.00 bits per heavy atom. The molecule has 0 saturated carbocycles. The molecule has 0 nitrogen and oxygen atoms in total. The molecule has 0 fully saturated rings. The molecule has 1 unspecified atom stereocenters. The molecule has 30 valence electrons. The minimum Gasteiger partial charge on any atom is -0.555 e. The van der Waals surface area contributed by atoms with Crippen molar-refractivity contribution >= 4 is 44.0 Å². The van der Waals surface area contributed by atoms with Crippen molar-refractivity contribution in [3.05, 3.63) is 0 Å². The van der Waals surface area contributed by atoms with Crippen LogP contribution in [0.15, 0.2) is 0 Å². The van der Waals surface area contributed by atoms with Gasteiger partial charge in [-0.3, -0.25) is 0 Å². The van der Waals surface area contributed by atoms with Gasteiger partial charge in [0.25, 0.3) is 0 Å². The van der Waals surface area contributed by atoms with Crippen LogP contribution < -0.4 is 0 Å². The van der Waals surface area contributed by atoms with Crippen molar-refractivity contribution in [2.45, 2.75) is 0 Å². The number of hydrogen-bond donors (Lipinski definition) is 0. The van der Waals surface area contributed by atoms with Gasteiger partial charge in [0.05, 0.1) is 4.01 Å². The monoisotopic (exact) mass is 217 g/mol. The summed E-state index contributed by atoms with van der Waals surface area (Å²) in [6, 6.07) is 0. The first-order valence-corrected chi connectivity index (χ1v) is 4.58. The van der Waals surface area contributed by atoms with Gasteiger partial charge in [0.15, 0.2) is 0 Å². The lowest BCUT2D eigenvalue weighted by molar-refractivity contribution is 2.51. The predicted molar refractivity (Wildman–Crippen MR) is 42.3 cm³/mol. The van der Waals surface area contributed by atoms with Crippen LogP contribution in [0.1, 0.15) is 0 Å². The molecule has 0 aromatic heterocycles. The van der Waals surface area contributed by atoms with Gasteiger partial charge in [-0.25, -0.2) is 0 Å². The maximum absolute atomic E-state index is 2.71. The molecule has 0 rings (SSSR count). The van der Waals surface area contributed by atoms with Crippen LogP contribution >= 0.6 is 40.0 Å². The van der Waals surface area contributed by atoms with Crippen molar-refractivity contribution in [1.82, 2.24) is 0 Å². The van der Waals surface area contributed by atoms with E-state index in [2.05, 4.69) is 38.2 Å². The average Bonchev–Trinajstić information content (AvgIpc) is 1.38. The summed E-state index contributed by atoms with van der Waals surface area (Å²) in [5.74, 6) is 0. The van der Waals surface area contributed by atoms with E-state index in [0.717, 1.165) is 4.01 Å². The second-order valence-corrected chi connectivity index (χ2v) is 6.62. The van der Waals surface area contributed by atoms with Gasteiger partial charge in [-0.15, -0.1) is 0 Å². The van der Waals surface area contributed by atoms with Gasteiger partial charge in [0.2, 0.25) is 0 Å². The molecule has 0 bridgehead atoms. The fourth-order valence-corrected chi connectivity index (χ4v) is 0. The number of hydrogen-bond acceptors (Lipinski definition) is 0. The molecule has 0 spiro atoms. The Morgan fingerprint density at radius 3 is 2.20 bits per heavy atom. The van der Waals surface area contributed by atoms with Gasteiger partial charge in [-0.05, 0) is 0 Å². The largest absolute Gasteiger partial charge is 0.555 e. The van der Waals surface area contributed by atoms with Crippen LogP contribution in [0.2, 0.25) is 0 Å². The summed E-state index contributed by atoms with van der Waals surface area (Å²) in [6.45, 7) is 2.14. The van der Waals surface area contributed by atoms with Crippen LogP contribution in [-0.2, 0) is 0 Å². The van der Waals surface area contributed by atoms with Crippen LogP contribution in [0.4, 0.5) is 0 Å². The smallest absolute Gasteiger partial charge is 0.0741 e. The molecule has 0 N–H and O–H groups in total. The van der Waals surface area contributed by atoms with Crippen LogP contribution in [0.3, 0.4) is 0 Å². The molecule has 0 aromatic rings. The maximum atomic E-state index is 2.71. The standard InChI is InChI=1S/CH5BIP2/c1-5-2(3)4/h4H2,1H3/q-1. The molecule has 0 saturated heterocycles. The summed E-state index contributed by atoms with van der Waals surface area (Å²) in [6.07, 6.45) is 0. The summed E-state index contributed by atoms with van der Waals surface area (Å²) in [5, 5.41) is 0. The van der Waals surface area contributed by atoms with E-state index >= 15 is 0 Å². The minimum absolute atomic E-state index is 0.743. The predicted octanol–water partition coefficient (Wildman–Crippen LogP) is 1.86. The molecular weight excluding hydrogens is 212 g/mol.